The summed E-state index contributed by atoms with van der Waals surface area (Å²) in [5.74, 6) is -4.18. The molecule has 6 nitrogen and oxygen atoms in total. The number of ether oxygens (including phenoxy) is 1. The monoisotopic (exact) mass is 285 g/mol. The van der Waals surface area contributed by atoms with Crippen LogP contribution in [0.2, 0.25) is 0 Å². The molecule has 0 heterocycles. The van der Waals surface area contributed by atoms with Crippen molar-refractivity contribution in [1.82, 2.24) is 5.32 Å². The number of halogens is 3. The van der Waals surface area contributed by atoms with Gasteiger partial charge in [-0.05, 0) is 13.8 Å². The van der Waals surface area contributed by atoms with Gasteiger partial charge in [-0.2, -0.15) is 13.2 Å². The van der Waals surface area contributed by atoms with Gasteiger partial charge in [0.15, 0.2) is 0 Å². The zero-order valence-electron chi connectivity index (χ0n) is 10.3. The van der Waals surface area contributed by atoms with Crippen molar-refractivity contribution in [1.29, 1.82) is 0 Å². The van der Waals surface area contributed by atoms with Gasteiger partial charge in [0, 0.05) is 6.42 Å². The summed E-state index contributed by atoms with van der Waals surface area (Å²) < 4.78 is 42.1. The van der Waals surface area contributed by atoms with Gasteiger partial charge >= 0.3 is 18.1 Å². The second-order valence-corrected chi connectivity index (χ2v) is 3.78. The molecule has 0 bridgehead atoms. The lowest BCUT2D eigenvalue weighted by Crippen LogP contribution is -2.61. The molecule has 9 heteroatoms. The number of carbonyl (C=O) groups excluding carboxylic acids is 2. The fraction of sp³-hybridized carbons (Fsp3) is 0.700. The molecule has 0 aromatic rings. The van der Waals surface area contributed by atoms with E-state index in [1.165, 1.54) is 12.2 Å². The summed E-state index contributed by atoms with van der Waals surface area (Å²) >= 11 is 0. The first-order chi connectivity index (χ1) is 8.54. The van der Waals surface area contributed by atoms with Crippen LogP contribution in [0.3, 0.4) is 0 Å². The number of esters is 1. The van der Waals surface area contributed by atoms with Crippen LogP contribution in [0.5, 0.6) is 0 Å². The van der Waals surface area contributed by atoms with Crippen LogP contribution in [0.1, 0.15) is 26.7 Å². The Labute approximate surface area is 106 Å². The third-order valence-electron chi connectivity index (χ3n) is 2.25. The highest BCUT2D eigenvalue weighted by molar-refractivity contribution is 5.88. The molecule has 0 aliphatic heterocycles. The maximum Gasteiger partial charge on any atom is 0.422 e. The Balaban J connectivity index is 4.60. The van der Waals surface area contributed by atoms with Crippen LogP contribution in [-0.4, -0.2) is 41.3 Å². The first-order valence-electron chi connectivity index (χ1n) is 5.31. The van der Waals surface area contributed by atoms with Crippen LogP contribution in [0, 0.1) is 0 Å². The molecule has 0 aromatic heterocycles. The largest absolute Gasteiger partial charge is 0.479 e. The third kappa shape index (κ3) is 4.76. The second kappa shape index (κ2) is 6.39. The molecule has 1 atom stereocenters. The lowest BCUT2D eigenvalue weighted by molar-refractivity contribution is -0.207. The summed E-state index contributed by atoms with van der Waals surface area (Å²) in [6.07, 6.45) is -6.16. The van der Waals surface area contributed by atoms with Gasteiger partial charge in [0.2, 0.25) is 11.4 Å². The smallest absolute Gasteiger partial charge is 0.422 e. The van der Waals surface area contributed by atoms with Crippen LogP contribution in [0.4, 0.5) is 13.2 Å². The van der Waals surface area contributed by atoms with E-state index in [-0.39, 0.29) is 6.61 Å². The number of rotatable bonds is 6. The van der Waals surface area contributed by atoms with Crippen molar-refractivity contribution >= 4 is 17.8 Å². The van der Waals surface area contributed by atoms with Crippen molar-refractivity contribution in [3.8, 4) is 0 Å². The fourth-order valence-corrected chi connectivity index (χ4v) is 1.04. The van der Waals surface area contributed by atoms with Crippen molar-refractivity contribution in [3.63, 3.8) is 0 Å². The van der Waals surface area contributed by atoms with E-state index in [4.69, 9.17) is 5.11 Å². The van der Waals surface area contributed by atoms with E-state index in [1.54, 1.807) is 0 Å². The SMILES string of the molecule is CCOC(=O)CCC(=O)NC(C)(C(=O)O)C(F)(F)F. The van der Waals surface area contributed by atoms with E-state index in [0.29, 0.717) is 6.92 Å². The maximum absolute atomic E-state index is 12.5. The predicted molar refractivity (Wildman–Crippen MR) is 56.1 cm³/mol. The molecule has 1 amide bonds. The maximum atomic E-state index is 12.5. The van der Waals surface area contributed by atoms with E-state index in [2.05, 4.69) is 4.74 Å². The highest BCUT2D eigenvalue weighted by atomic mass is 19.4. The van der Waals surface area contributed by atoms with Crippen molar-refractivity contribution in [2.45, 2.75) is 38.4 Å². The van der Waals surface area contributed by atoms with Gasteiger partial charge in [0.25, 0.3) is 0 Å². The minimum absolute atomic E-state index is 0.0792. The molecular weight excluding hydrogens is 271 g/mol. The van der Waals surface area contributed by atoms with E-state index in [0.717, 1.165) is 0 Å². The number of nitrogens with one attached hydrogen (secondary N) is 1. The summed E-state index contributed by atoms with van der Waals surface area (Å²) in [5, 5.41) is 9.91. The molecule has 0 spiro atoms. The Hall–Kier alpha value is -1.80. The lowest BCUT2D eigenvalue weighted by Gasteiger charge is -2.28. The van der Waals surface area contributed by atoms with Gasteiger partial charge < -0.3 is 15.2 Å². The molecule has 2 N–H and O–H groups in total. The molecule has 110 valence electrons. The number of hydrogen-bond acceptors (Lipinski definition) is 4. The fourth-order valence-electron chi connectivity index (χ4n) is 1.04. The quantitative estimate of drug-likeness (QED) is 0.706. The highest BCUT2D eigenvalue weighted by Gasteiger charge is 2.58. The summed E-state index contributed by atoms with van der Waals surface area (Å²) in [5.41, 5.74) is -3.39. The van der Waals surface area contributed by atoms with Gasteiger partial charge in [-0.25, -0.2) is 4.79 Å². The standard InChI is InChI=1S/C10H14F3NO5/c1-3-19-7(16)5-4-6(15)14-9(2,8(17)18)10(11,12)13/h3-5H2,1-2H3,(H,14,15)(H,17,18). The average Bonchev–Trinajstić information content (AvgIpc) is 2.24. The van der Waals surface area contributed by atoms with Gasteiger partial charge in [-0.1, -0.05) is 0 Å². The van der Waals surface area contributed by atoms with E-state index >= 15 is 0 Å². The molecule has 0 rings (SSSR count). The number of carboxylic acids is 1. The van der Waals surface area contributed by atoms with Crippen molar-refractivity contribution in [3.05, 3.63) is 0 Å². The van der Waals surface area contributed by atoms with E-state index in [1.807, 2.05) is 0 Å². The zero-order chi connectivity index (χ0) is 15.3. The van der Waals surface area contributed by atoms with E-state index < -0.39 is 42.4 Å². The number of carbonyl (C=O) groups is 3. The van der Waals surface area contributed by atoms with Gasteiger partial charge in [-0.3, -0.25) is 9.59 Å². The summed E-state index contributed by atoms with van der Waals surface area (Å²) in [6, 6.07) is 0. The molecule has 0 aliphatic rings. The Bertz CT molecular complexity index is 369. The van der Waals surface area contributed by atoms with Crippen LogP contribution in [0.15, 0.2) is 0 Å². The molecule has 19 heavy (non-hydrogen) atoms. The van der Waals surface area contributed by atoms with Crippen LogP contribution in [0.25, 0.3) is 0 Å². The number of aliphatic carboxylic acids is 1. The Morgan fingerprint density at radius 2 is 1.74 bits per heavy atom. The molecule has 0 saturated carbocycles. The molecule has 1 unspecified atom stereocenters. The van der Waals surface area contributed by atoms with Crippen molar-refractivity contribution in [2.24, 2.45) is 0 Å². The minimum atomic E-state index is -5.15. The number of carboxylic acid groups (broad SMARTS) is 1. The van der Waals surface area contributed by atoms with Crippen LogP contribution >= 0.6 is 0 Å². The molecule has 0 radical (unpaired) electrons. The van der Waals surface area contributed by atoms with Crippen molar-refractivity contribution < 1.29 is 37.4 Å². The Morgan fingerprint density at radius 3 is 2.11 bits per heavy atom. The first kappa shape index (κ1) is 17.2. The van der Waals surface area contributed by atoms with Gasteiger partial charge in [0.1, 0.15) is 0 Å². The minimum Gasteiger partial charge on any atom is -0.479 e. The number of amides is 1. The van der Waals surface area contributed by atoms with Crippen LogP contribution < -0.4 is 5.32 Å². The zero-order valence-corrected chi connectivity index (χ0v) is 10.3. The predicted octanol–water partition coefficient (Wildman–Crippen LogP) is 0.851. The molecule has 0 aromatic carbocycles. The molecular formula is C10H14F3NO5. The topological polar surface area (TPSA) is 92.7 Å². The summed E-state index contributed by atoms with van der Waals surface area (Å²) in [7, 11) is 0. The number of hydrogen-bond donors (Lipinski definition) is 2. The Kier molecular flexibility index (Phi) is 5.79. The number of alkyl halides is 3. The highest BCUT2D eigenvalue weighted by Crippen LogP contribution is 2.30. The lowest BCUT2D eigenvalue weighted by atomic mass is 10.0. The summed E-state index contributed by atoms with van der Waals surface area (Å²) in [6.45, 7) is 1.94. The third-order valence-corrected chi connectivity index (χ3v) is 2.25. The second-order valence-electron chi connectivity index (χ2n) is 3.78. The van der Waals surface area contributed by atoms with E-state index in [9.17, 15) is 27.6 Å². The van der Waals surface area contributed by atoms with Crippen LogP contribution in [-0.2, 0) is 19.1 Å². The molecule has 0 aliphatic carbocycles. The van der Waals surface area contributed by atoms with Crippen molar-refractivity contribution in [2.75, 3.05) is 6.61 Å². The molecule has 0 saturated heterocycles. The average molecular weight is 285 g/mol. The van der Waals surface area contributed by atoms with Gasteiger partial charge in [-0.15, -0.1) is 0 Å². The van der Waals surface area contributed by atoms with Gasteiger partial charge in [0.05, 0.1) is 13.0 Å². The first-order valence-corrected chi connectivity index (χ1v) is 5.31. The normalized spacial score (nSPS) is 14.4. The summed E-state index contributed by atoms with van der Waals surface area (Å²) in [4.78, 5) is 32.8. The Morgan fingerprint density at radius 1 is 1.21 bits per heavy atom. The molecule has 0 fully saturated rings.